The van der Waals surface area contributed by atoms with Crippen LogP contribution in [0.1, 0.15) is 30.0 Å². The number of piperidine rings is 1. The number of aromatic nitrogens is 5. The Labute approximate surface area is 196 Å². The van der Waals surface area contributed by atoms with E-state index in [2.05, 4.69) is 40.4 Å². The Balaban J connectivity index is 1.36. The summed E-state index contributed by atoms with van der Waals surface area (Å²) in [4.78, 5) is 18.6. The smallest absolute Gasteiger partial charge is 0.298 e. The molecule has 1 saturated carbocycles. The molecule has 3 atom stereocenters. The minimum Gasteiger partial charge on any atom is -0.329 e. The Kier molecular flexibility index (Phi) is 4.50. The Morgan fingerprint density at radius 2 is 2.00 bits per heavy atom. The third kappa shape index (κ3) is 3.07. The predicted octanol–water partition coefficient (Wildman–Crippen LogP) is 3.01. The van der Waals surface area contributed by atoms with Crippen molar-refractivity contribution in [1.29, 1.82) is 5.26 Å². The number of aryl methyl sites for hydroxylation is 1. The van der Waals surface area contributed by atoms with Gasteiger partial charge in [-0.2, -0.15) is 15.5 Å². The molecule has 2 bridgehead atoms. The van der Waals surface area contributed by atoms with E-state index in [1.165, 1.54) is 0 Å². The lowest BCUT2D eigenvalue weighted by atomic mass is 9.90. The second-order valence-electron chi connectivity index (χ2n) is 9.07. The maximum atomic E-state index is 12.0. The Morgan fingerprint density at radius 1 is 1.12 bits per heavy atom. The molecule has 1 amide bonds. The highest BCUT2D eigenvalue weighted by molar-refractivity contribution is 5.93. The number of likely N-dealkylation sites (tertiary alicyclic amines) is 1. The van der Waals surface area contributed by atoms with Crippen LogP contribution < -0.4 is 0 Å². The third-order valence-electron chi connectivity index (χ3n) is 7.17. The summed E-state index contributed by atoms with van der Waals surface area (Å²) in [6, 6.07) is 8.66. The molecule has 8 nitrogen and oxygen atoms in total. The van der Waals surface area contributed by atoms with Crippen molar-refractivity contribution < 1.29 is 4.79 Å². The summed E-state index contributed by atoms with van der Waals surface area (Å²) in [6.07, 6.45) is 16.3. The number of nitriles is 1. The Morgan fingerprint density at radius 3 is 2.65 bits per heavy atom. The molecule has 1 saturated heterocycles. The van der Waals surface area contributed by atoms with Gasteiger partial charge in [0, 0.05) is 72.1 Å². The van der Waals surface area contributed by atoms with Crippen LogP contribution in [-0.2, 0) is 11.8 Å². The molecule has 4 aromatic heterocycles. The van der Waals surface area contributed by atoms with Gasteiger partial charge in [-0.1, -0.05) is 6.07 Å². The molecule has 2 aliphatic rings. The van der Waals surface area contributed by atoms with Crippen molar-refractivity contribution in [3.63, 3.8) is 0 Å². The van der Waals surface area contributed by atoms with Crippen LogP contribution in [0.15, 0.2) is 49.2 Å². The second kappa shape index (κ2) is 7.57. The average Bonchev–Trinajstić information content (AvgIpc) is 3.66. The highest BCUT2D eigenvalue weighted by Crippen LogP contribution is 2.47. The number of nitrogens with zero attached hydrogens (tertiary/aromatic N) is 7. The fourth-order valence-electron chi connectivity index (χ4n) is 5.58. The molecule has 0 aromatic carbocycles. The van der Waals surface area contributed by atoms with E-state index in [0.29, 0.717) is 23.9 Å². The van der Waals surface area contributed by atoms with Gasteiger partial charge in [-0.3, -0.25) is 14.5 Å². The standard InChI is InChI=1S/C26H21N7O/c1-3-25(34)32-14-18-6-21(32)8-22(18)24-5-4-16(10-28-24)23-7-17(20-12-29-31(2)13-20)15-33-26(23)19(9-27)11-30-33/h1,4-5,7,10-13,15,18,21-22H,6,8,14H2,2H3. The van der Waals surface area contributed by atoms with Gasteiger partial charge >= 0.3 is 0 Å². The Bertz CT molecular complexity index is 1520. The molecule has 4 aromatic rings. The lowest BCUT2D eigenvalue weighted by molar-refractivity contribution is -0.126. The number of carbonyl (C=O) groups excluding carboxylic acids is 1. The number of pyridine rings is 2. The van der Waals surface area contributed by atoms with E-state index < -0.39 is 0 Å². The van der Waals surface area contributed by atoms with E-state index in [0.717, 1.165) is 46.3 Å². The predicted molar refractivity (Wildman–Crippen MR) is 125 cm³/mol. The maximum Gasteiger partial charge on any atom is 0.298 e. The van der Waals surface area contributed by atoms with Crippen molar-refractivity contribution in [2.45, 2.75) is 24.8 Å². The molecule has 2 fully saturated rings. The number of fused-ring (bicyclic) bond motifs is 3. The van der Waals surface area contributed by atoms with Gasteiger partial charge in [0.1, 0.15) is 6.07 Å². The monoisotopic (exact) mass is 447 g/mol. The number of terminal acetylenes is 1. The van der Waals surface area contributed by atoms with E-state index in [-0.39, 0.29) is 11.9 Å². The van der Waals surface area contributed by atoms with Crippen LogP contribution in [0.5, 0.6) is 0 Å². The fourth-order valence-corrected chi connectivity index (χ4v) is 5.58. The Hall–Kier alpha value is -4.43. The van der Waals surface area contributed by atoms with Crippen LogP contribution >= 0.6 is 0 Å². The average molecular weight is 448 g/mol. The van der Waals surface area contributed by atoms with Gasteiger partial charge in [0.05, 0.1) is 23.5 Å². The number of rotatable bonds is 3. The minimum absolute atomic E-state index is 0.208. The van der Waals surface area contributed by atoms with E-state index in [1.807, 2.05) is 36.7 Å². The quantitative estimate of drug-likeness (QED) is 0.450. The van der Waals surface area contributed by atoms with Crippen LogP contribution in [0.25, 0.3) is 27.8 Å². The number of hydrogen-bond donors (Lipinski definition) is 0. The molecule has 34 heavy (non-hydrogen) atoms. The zero-order valence-electron chi connectivity index (χ0n) is 18.6. The van der Waals surface area contributed by atoms with Crippen LogP contribution in [-0.4, -0.2) is 47.8 Å². The first-order valence-electron chi connectivity index (χ1n) is 11.2. The molecule has 0 spiro atoms. The first-order valence-corrected chi connectivity index (χ1v) is 11.2. The first kappa shape index (κ1) is 20.2. The summed E-state index contributed by atoms with van der Waals surface area (Å²) in [5, 5.41) is 18.3. The largest absolute Gasteiger partial charge is 0.329 e. The zero-order chi connectivity index (χ0) is 23.4. The summed E-state index contributed by atoms with van der Waals surface area (Å²) >= 11 is 0. The summed E-state index contributed by atoms with van der Waals surface area (Å²) in [5.41, 5.74) is 6.06. The number of amides is 1. The van der Waals surface area contributed by atoms with Gasteiger partial charge in [-0.15, -0.1) is 6.42 Å². The number of carbonyl (C=O) groups is 1. The van der Waals surface area contributed by atoms with Crippen molar-refractivity contribution in [3.8, 4) is 40.7 Å². The second-order valence-corrected chi connectivity index (χ2v) is 9.07. The molecule has 0 N–H and O–H groups in total. The molecule has 1 aliphatic heterocycles. The zero-order valence-corrected chi connectivity index (χ0v) is 18.6. The van der Waals surface area contributed by atoms with Gasteiger partial charge in [0.15, 0.2) is 0 Å². The molecular weight excluding hydrogens is 426 g/mol. The van der Waals surface area contributed by atoms with Crippen molar-refractivity contribution in [2.24, 2.45) is 13.0 Å². The highest BCUT2D eigenvalue weighted by Gasteiger charge is 2.47. The van der Waals surface area contributed by atoms with Crippen molar-refractivity contribution in [1.82, 2.24) is 29.3 Å². The highest BCUT2D eigenvalue weighted by atomic mass is 16.2. The molecule has 6 rings (SSSR count). The van der Waals surface area contributed by atoms with Crippen LogP contribution in [0.2, 0.25) is 0 Å². The molecule has 0 radical (unpaired) electrons. The SMILES string of the molecule is C#CC(=O)N1CC2CC1CC2c1ccc(-c2cc(-c3cnn(C)c3)cn3ncc(C#N)c23)cn1. The van der Waals surface area contributed by atoms with Crippen LogP contribution in [0, 0.1) is 29.6 Å². The van der Waals surface area contributed by atoms with E-state index in [4.69, 9.17) is 11.4 Å². The summed E-state index contributed by atoms with van der Waals surface area (Å²) in [6.45, 7) is 0.705. The van der Waals surface area contributed by atoms with E-state index >= 15 is 0 Å². The van der Waals surface area contributed by atoms with E-state index in [1.54, 1.807) is 15.4 Å². The molecule has 5 heterocycles. The van der Waals surface area contributed by atoms with E-state index in [9.17, 15) is 10.1 Å². The maximum absolute atomic E-state index is 12.0. The minimum atomic E-state index is -0.208. The molecule has 166 valence electrons. The topological polar surface area (TPSA) is 92.1 Å². The number of hydrogen-bond acceptors (Lipinski definition) is 5. The molecule has 3 unspecified atom stereocenters. The molecule has 8 heteroatoms. The third-order valence-corrected chi connectivity index (χ3v) is 7.17. The van der Waals surface area contributed by atoms with Gasteiger partial charge in [0.25, 0.3) is 5.91 Å². The van der Waals surface area contributed by atoms with Crippen molar-refractivity contribution >= 4 is 11.4 Å². The summed E-state index contributed by atoms with van der Waals surface area (Å²) in [7, 11) is 1.88. The molecular formula is C26H21N7O. The van der Waals surface area contributed by atoms with Gasteiger partial charge in [0.2, 0.25) is 0 Å². The molecule has 1 aliphatic carbocycles. The first-order chi connectivity index (χ1) is 16.6. The van der Waals surface area contributed by atoms with Gasteiger partial charge in [-0.05, 0) is 36.8 Å². The lowest BCUT2D eigenvalue weighted by Gasteiger charge is -2.30. The van der Waals surface area contributed by atoms with Crippen molar-refractivity contribution in [3.05, 3.63) is 60.4 Å². The summed E-state index contributed by atoms with van der Waals surface area (Å²) in [5.74, 6) is 2.76. The van der Waals surface area contributed by atoms with Crippen LogP contribution in [0.4, 0.5) is 0 Å². The van der Waals surface area contributed by atoms with Crippen LogP contribution in [0.3, 0.4) is 0 Å². The van der Waals surface area contributed by atoms with Gasteiger partial charge < -0.3 is 4.90 Å². The van der Waals surface area contributed by atoms with Crippen molar-refractivity contribution in [2.75, 3.05) is 6.54 Å². The fraction of sp³-hybridized carbons (Fsp3) is 0.269. The van der Waals surface area contributed by atoms with Gasteiger partial charge in [-0.25, -0.2) is 4.52 Å². The lowest BCUT2D eigenvalue weighted by Crippen LogP contribution is -2.38. The normalized spacial score (nSPS) is 21.0. The summed E-state index contributed by atoms with van der Waals surface area (Å²) < 4.78 is 3.50.